The summed E-state index contributed by atoms with van der Waals surface area (Å²) in [5.41, 5.74) is 8.05. The van der Waals surface area contributed by atoms with Gasteiger partial charge in [0.15, 0.2) is 0 Å². The van der Waals surface area contributed by atoms with Gasteiger partial charge in [-0.05, 0) is 36.2 Å². The molecule has 2 aromatic carbocycles. The highest BCUT2D eigenvalue weighted by molar-refractivity contribution is 5.55. The summed E-state index contributed by atoms with van der Waals surface area (Å²) in [6, 6.07) is 10.8. The lowest BCUT2D eigenvalue weighted by Crippen LogP contribution is -2.21. The number of benzene rings is 2. The molecule has 2 aromatic rings. The molecule has 0 bridgehead atoms. The fraction of sp³-hybridized carbons (Fsp3) is 0.250. The second-order valence-corrected chi connectivity index (χ2v) is 4.95. The molecular formula is C16H18F2N2. The summed E-state index contributed by atoms with van der Waals surface area (Å²) in [7, 11) is 1.80. The summed E-state index contributed by atoms with van der Waals surface area (Å²) >= 11 is 0. The molecule has 0 amide bonds. The molecule has 0 aromatic heterocycles. The fourth-order valence-electron chi connectivity index (χ4n) is 2.24. The van der Waals surface area contributed by atoms with Crippen LogP contribution in [0, 0.1) is 11.6 Å². The van der Waals surface area contributed by atoms with E-state index in [1.54, 1.807) is 30.1 Å². The van der Waals surface area contributed by atoms with Crippen molar-refractivity contribution in [3.8, 4) is 0 Å². The molecule has 4 heteroatoms. The van der Waals surface area contributed by atoms with E-state index in [9.17, 15) is 8.78 Å². The molecule has 0 radical (unpaired) electrons. The molecule has 0 saturated heterocycles. The smallest absolute Gasteiger partial charge is 0.146 e. The van der Waals surface area contributed by atoms with Gasteiger partial charge in [-0.1, -0.05) is 24.3 Å². The van der Waals surface area contributed by atoms with Crippen molar-refractivity contribution < 1.29 is 8.78 Å². The average Bonchev–Trinajstić information content (AvgIpc) is 2.40. The normalized spacial score (nSPS) is 12.2. The Labute approximate surface area is 117 Å². The maximum absolute atomic E-state index is 14.1. The summed E-state index contributed by atoms with van der Waals surface area (Å²) in [4.78, 5) is 1.79. The van der Waals surface area contributed by atoms with Gasteiger partial charge in [-0.15, -0.1) is 0 Å². The molecule has 2 rings (SSSR count). The number of nitrogens with zero attached hydrogens (tertiary/aromatic N) is 1. The average molecular weight is 276 g/mol. The van der Waals surface area contributed by atoms with Crippen molar-refractivity contribution in [3.05, 3.63) is 65.2 Å². The van der Waals surface area contributed by atoms with Crippen molar-refractivity contribution >= 4 is 5.69 Å². The minimum absolute atomic E-state index is 0.253. The predicted molar refractivity (Wildman–Crippen MR) is 77.5 cm³/mol. The third kappa shape index (κ3) is 3.14. The fourth-order valence-corrected chi connectivity index (χ4v) is 2.24. The van der Waals surface area contributed by atoms with Gasteiger partial charge in [0.05, 0.1) is 5.69 Å². The third-order valence-corrected chi connectivity index (χ3v) is 3.22. The van der Waals surface area contributed by atoms with Gasteiger partial charge in [-0.25, -0.2) is 8.78 Å². The van der Waals surface area contributed by atoms with E-state index in [1.807, 2.05) is 13.0 Å². The van der Waals surface area contributed by atoms with E-state index in [0.29, 0.717) is 12.2 Å². The Hall–Kier alpha value is -1.94. The number of hydrogen-bond acceptors (Lipinski definition) is 2. The highest BCUT2D eigenvalue weighted by Crippen LogP contribution is 2.28. The molecule has 2 N–H and O–H groups in total. The Morgan fingerprint density at radius 2 is 1.75 bits per heavy atom. The Morgan fingerprint density at radius 1 is 1.10 bits per heavy atom. The first kappa shape index (κ1) is 14.5. The van der Waals surface area contributed by atoms with Crippen LogP contribution in [0.1, 0.15) is 24.1 Å². The first-order valence-electron chi connectivity index (χ1n) is 6.48. The molecule has 0 saturated carbocycles. The molecular weight excluding hydrogens is 258 g/mol. The van der Waals surface area contributed by atoms with E-state index in [2.05, 4.69) is 0 Å². The van der Waals surface area contributed by atoms with Crippen molar-refractivity contribution in [2.24, 2.45) is 5.73 Å². The molecule has 1 atom stereocenters. The lowest BCUT2D eigenvalue weighted by Gasteiger charge is -2.24. The summed E-state index contributed by atoms with van der Waals surface area (Å²) in [5, 5.41) is 0. The van der Waals surface area contributed by atoms with Crippen LogP contribution in [0.5, 0.6) is 0 Å². The lowest BCUT2D eigenvalue weighted by atomic mass is 10.0. The molecule has 2 nitrogen and oxygen atoms in total. The Balaban J connectivity index is 2.29. The molecule has 0 fully saturated rings. The molecule has 0 aliphatic carbocycles. The Kier molecular flexibility index (Phi) is 4.35. The van der Waals surface area contributed by atoms with Crippen LogP contribution in [0.25, 0.3) is 0 Å². The maximum Gasteiger partial charge on any atom is 0.146 e. The summed E-state index contributed by atoms with van der Waals surface area (Å²) in [6.45, 7) is 2.31. The second-order valence-electron chi connectivity index (χ2n) is 4.95. The summed E-state index contributed by atoms with van der Waals surface area (Å²) < 4.78 is 27.0. The second kappa shape index (κ2) is 6.01. The third-order valence-electron chi connectivity index (χ3n) is 3.22. The Bertz CT molecular complexity index is 580. The summed E-state index contributed by atoms with van der Waals surface area (Å²) in [5.74, 6) is -0.581. The van der Waals surface area contributed by atoms with Crippen LogP contribution in [-0.4, -0.2) is 7.05 Å². The van der Waals surface area contributed by atoms with Crippen molar-refractivity contribution in [3.63, 3.8) is 0 Å². The molecule has 1 unspecified atom stereocenters. The van der Waals surface area contributed by atoms with E-state index in [1.165, 1.54) is 18.2 Å². The van der Waals surface area contributed by atoms with Crippen LogP contribution in [0.4, 0.5) is 14.5 Å². The molecule has 0 aliphatic rings. The summed E-state index contributed by atoms with van der Waals surface area (Å²) in [6.07, 6.45) is 0. The van der Waals surface area contributed by atoms with Crippen molar-refractivity contribution in [1.82, 2.24) is 0 Å². The maximum atomic E-state index is 14.1. The van der Waals surface area contributed by atoms with Crippen molar-refractivity contribution in [2.75, 3.05) is 11.9 Å². The lowest BCUT2D eigenvalue weighted by molar-refractivity contribution is 0.615. The number of nitrogens with two attached hydrogens (primary N) is 1. The molecule has 0 spiro atoms. The number of anilines is 1. The first-order valence-corrected chi connectivity index (χ1v) is 6.48. The van der Waals surface area contributed by atoms with Gasteiger partial charge in [0.25, 0.3) is 0 Å². The topological polar surface area (TPSA) is 29.3 Å². The highest BCUT2D eigenvalue weighted by atomic mass is 19.1. The highest BCUT2D eigenvalue weighted by Gasteiger charge is 2.15. The van der Waals surface area contributed by atoms with E-state index < -0.39 is 0 Å². The van der Waals surface area contributed by atoms with Gasteiger partial charge in [-0.2, -0.15) is 0 Å². The molecule has 0 aliphatic heterocycles. The number of halogens is 2. The van der Waals surface area contributed by atoms with Gasteiger partial charge in [0, 0.05) is 19.6 Å². The Morgan fingerprint density at radius 3 is 2.35 bits per heavy atom. The zero-order valence-corrected chi connectivity index (χ0v) is 11.6. The predicted octanol–water partition coefficient (Wildman–Crippen LogP) is 3.62. The van der Waals surface area contributed by atoms with E-state index in [0.717, 1.165) is 11.1 Å². The van der Waals surface area contributed by atoms with Gasteiger partial charge < -0.3 is 10.6 Å². The minimum atomic E-state index is -0.301. The SMILES string of the molecule is CC(N)c1cccc(F)c1N(C)Cc1ccc(F)cc1. The molecule has 20 heavy (non-hydrogen) atoms. The van der Waals surface area contributed by atoms with Gasteiger partial charge in [0.2, 0.25) is 0 Å². The van der Waals surface area contributed by atoms with Crippen LogP contribution < -0.4 is 10.6 Å². The standard InChI is InChI=1S/C16H18F2N2/c1-11(19)14-4-3-5-15(18)16(14)20(2)10-12-6-8-13(17)9-7-12/h3-9,11H,10,19H2,1-2H3. The van der Waals surface area contributed by atoms with Crippen LogP contribution in [0.15, 0.2) is 42.5 Å². The van der Waals surface area contributed by atoms with E-state index in [-0.39, 0.29) is 17.7 Å². The van der Waals surface area contributed by atoms with Gasteiger partial charge in [-0.3, -0.25) is 0 Å². The van der Waals surface area contributed by atoms with E-state index >= 15 is 0 Å². The molecule has 106 valence electrons. The number of hydrogen-bond donors (Lipinski definition) is 1. The zero-order chi connectivity index (χ0) is 14.7. The quantitative estimate of drug-likeness (QED) is 0.924. The van der Waals surface area contributed by atoms with Crippen molar-refractivity contribution in [2.45, 2.75) is 19.5 Å². The van der Waals surface area contributed by atoms with Gasteiger partial charge in [0.1, 0.15) is 11.6 Å². The minimum Gasteiger partial charge on any atom is -0.368 e. The van der Waals surface area contributed by atoms with Crippen molar-refractivity contribution in [1.29, 1.82) is 0 Å². The van der Waals surface area contributed by atoms with Crippen LogP contribution in [0.2, 0.25) is 0 Å². The van der Waals surface area contributed by atoms with E-state index in [4.69, 9.17) is 5.73 Å². The van der Waals surface area contributed by atoms with Gasteiger partial charge >= 0.3 is 0 Å². The number of para-hydroxylation sites is 1. The largest absolute Gasteiger partial charge is 0.368 e. The monoisotopic (exact) mass is 276 g/mol. The number of rotatable bonds is 4. The zero-order valence-electron chi connectivity index (χ0n) is 11.6. The molecule has 0 heterocycles. The van der Waals surface area contributed by atoms with Crippen LogP contribution >= 0.6 is 0 Å². The van der Waals surface area contributed by atoms with Crippen LogP contribution in [-0.2, 0) is 6.54 Å². The van der Waals surface area contributed by atoms with Crippen LogP contribution in [0.3, 0.4) is 0 Å². The first-order chi connectivity index (χ1) is 9.49.